The highest BCUT2D eigenvalue weighted by Crippen LogP contribution is 2.35. The van der Waals surface area contributed by atoms with Gasteiger partial charge in [0.25, 0.3) is 11.8 Å². The van der Waals surface area contributed by atoms with Crippen LogP contribution in [0, 0.1) is 25.5 Å². The Morgan fingerprint density at radius 1 is 0.905 bits per heavy atom. The van der Waals surface area contributed by atoms with E-state index in [0.717, 1.165) is 6.07 Å². The highest BCUT2D eigenvalue weighted by atomic mass is 19.1. The molecule has 0 radical (unpaired) electrons. The second-order valence-electron chi connectivity index (χ2n) is 9.39. The molecule has 0 saturated heterocycles. The van der Waals surface area contributed by atoms with Gasteiger partial charge < -0.3 is 24.1 Å². The number of carbonyl (C=O) groups is 1. The van der Waals surface area contributed by atoms with Crippen molar-refractivity contribution < 1.29 is 27.8 Å². The van der Waals surface area contributed by atoms with Crippen LogP contribution in [0.4, 0.5) is 14.5 Å². The molecule has 5 aromatic rings. The lowest BCUT2D eigenvalue weighted by atomic mass is 9.99. The lowest BCUT2D eigenvalue weighted by Gasteiger charge is -2.18. The number of nitrogens with zero attached hydrogens (tertiary/aromatic N) is 3. The average molecular weight is 573 g/mol. The van der Waals surface area contributed by atoms with E-state index in [1.165, 1.54) is 62.9 Å². The molecule has 0 unspecified atom stereocenters. The second kappa shape index (κ2) is 11.3. The van der Waals surface area contributed by atoms with Gasteiger partial charge in [0, 0.05) is 54.1 Å². The van der Waals surface area contributed by atoms with E-state index in [9.17, 15) is 14.0 Å². The van der Waals surface area contributed by atoms with E-state index in [1.54, 1.807) is 31.5 Å². The first-order chi connectivity index (χ1) is 20.1. The summed E-state index contributed by atoms with van der Waals surface area (Å²) >= 11 is 0. The Balaban J connectivity index is 1.45. The van der Waals surface area contributed by atoms with Crippen molar-refractivity contribution >= 4 is 22.6 Å². The summed E-state index contributed by atoms with van der Waals surface area (Å²) in [6.07, 6.45) is 1.49. The van der Waals surface area contributed by atoms with E-state index < -0.39 is 23.0 Å². The molecule has 0 aliphatic rings. The molecular weight excluding hydrogens is 546 g/mol. The van der Waals surface area contributed by atoms with Crippen molar-refractivity contribution in [3.63, 3.8) is 0 Å². The topological polar surface area (TPSA) is 105 Å². The van der Waals surface area contributed by atoms with Gasteiger partial charge in [0.1, 0.15) is 16.9 Å². The normalized spacial score (nSPS) is 10.9. The molecule has 42 heavy (non-hydrogen) atoms. The van der Waals surface area contributed by atoms with Gasteiger partial charge in [-0.15, -0.1) is 0 Å². The molecule has 0 saturated carbocycles. The number of rotatable bonds is 7. The van der Waals surface area contributed by atoms with E-state index in [1.807, 2.05) is 0 Å². The third-order valence-electron chi connectivity index (χ3n) is 6.97. The first kappa shape index (κ1) is 28.2. The molecule has 1 N–H and O–H groups in total. The first-order valence-corrected chi connectivity index (χ1v) is 12.8. The van der Waals surface area contributed by atoms with E-state index in [-0.39, 0.29) is 34.2 Å². The number of carbonyl (C=O) groups excluding carboxylic acids is 1. The van der Waals surface area contributed by atoms with Crippen LogP contribution in [0.5, 0.6) is 23.1 Å². The molecule has 2 aromatic carbocycles. The molecule has 0 fully saturated rings. The molecule has 0 spiro atoms. The van der Waals surface area contributed by atoms with Crippen molar-refractivity contribution in [2.45, 2.75) is 13.8 Å². The number of hydrogen-bond donors (Lipinski definition) is 1. The summed E-state index contributed by atoms with van der Waals surface area (Å²) in [7, 11) is 4.64. The summed E-state index contributed by atoms with van der Waals surface area (Å²) in [6.45, 7) is 3.39. The Kier molecular flexibility index (Phi) is 7.58. The molecule has 3 aromatic heterocycles. The van der Waals surface area contributed by atoms with Gasteiger partial charge in [0.2, 0.25) is 5.43 Å². The lowest BCUT2D eigenvalue weighted by Crippen LogP contribution is -2.28. The van der Waals surface area contributed by atoms with Crippen LogP contribution in [0.15, 0.2) is 65.6 Å². The Hall–Kier alpha value is -5.32. The Labute approximate surface area is 239 Å². The fourth-order valence-corrected chi connectivity index (χ4v) is 4.62. The van der Waals surface area contributed by atoms with Crippen LogP contribution in [-0.4, -0.2) is 34.7 Å². The van der Waals surface area contributed by atoms with E-state index >= 15 is 4.39 Å². The van der Waals surface area contributed by atoms with Crippen molar-refractivity contribution in [1.29, 1.82) is 0 Å². The molecule has 214 valence electrons. The largest absolute Gasteiger partial charge is 0.491 e. The van der Waals surface area contributed by atoms with Gasteiger partial charge in [-0.2, -0.15) is 0 Å². The predicted molar refractivity (Wildman–Crippen MR) is 154 cm³/mol. The van der Waals surface area contributed by atoms with Crippen LogP contribution in [0.3, 0.4) is 0 Å². The molecule has 0 bridgehead atoms. The quantitative estimate of drug-likeness (QED) is 0.257. The van der Waals surface area contributed by atoms with Crippen molar-refractivity contribution in [1.82, 2.24) is 14.5 Å². The molecular formula is C31H26F2N4O5. The van der Waals surface area contributed by atoms with Gasteiger partial charge in [-0.1, -0.05) is 12.1 Å². The Morgan fingerprint density at radius 3 is 2.31 bits per heavy atom. The fourth-order valence-electron chi connectivity index (χ4n) is 4.62. The predicted octanol–water partition coefficient (Wildman–Crippen LogP) is 5.95. The highest BCUT2D eigenvalue weighted by molar-refractivity contribution is 6.05. The average Bonchev–Trinajstić information content (AvgIpc) is 2.98. The van der Waals surface area contributed by atoms with Crippen LogP contribution >= 0.6 is 0 Å². The standard InChI is InChI=1S/C31H26F2N4O5/c1-16-26(18-6-8-19(32)9-7-18)29(38)27(17(2)37(16)3)30(39)35-20-10-11-23(21(33)14-20)42-24-12-13-34-22-15-25(40-4)31(41-5)36-28(22)24/h6-15H,1-5H3,(H,35,39). The fraction of sp³-hybridized carbons (Fsp3) is 0.161. The van der Waals surface area contributed by atoms with Crippen molar-refractivity contribution in [3.05, 3.63) is 99.6 Å². The van der Waals surface area contributed by atoms with Crippen LogP contribution in [0.25, 0.3) is 22.2 Å². The SMILES string of the molecule is COc1cc2nccc(Oc3ccc(NC(=O)c4c(C)n(C)c(C)c(-c5ccc(F)cc5)c4=O)cc3F)c2nc1OC. The van der Waals surface area contributed by atoms with Crippen LogP contribution < -0.4 is 25.0 Å². The number of hydrogen-bond acceptors (Lipinski definition) is 7. The van der Waals surface area contributed by atoms with Gasteiger partial charge in [-0.05, 0) is 43.7 Å². The van der Waals surface area contributed by atoms with E-state index in [0.29, 0.717) is 33.7 Å². The number of ether oxygens (including phenoxy) is 3. The van der Waals surface area contributed by atoms with Crippen LogP contribution in [-0.2, 0) is 7.05 Å². The van der Waals surface area contributed by atoms with Crippen LogP contribution in [0.1, 0.15) is 21.7 Å². The third kappa shape index (κ3) is 5.12. The Morgan fingerprint density at radius 2 is 1.64 bits per heavy atom. The van der Waals surface area contributed by atoms with Gasteiger partial charge >= 0.3 is 0 Å². The maximum atomic E-state index is 15.2. The number of nitrogens with one attached hydrogen (secondary N) is 1. The van der Waals surface area contributed by atoms with E-state index in [2.05, 4.69) is 15.3 Å². The maximum Gasteiger partial charge on any atom is 0.261 e. The van der Waals surface area contributed by atoms with Crippen molar-refractivity contribution in [2.24, 2.45) is 7.05 Å². The first-order valence-electron chi connectivity index (χ1n) is 12.8. The number of halogens is 2. The zero-order valence-electron chi connectivity index (χ0n) is 23.4. The molecule has 11 heteroatoms. The maximum absolute atomic E-state index is 15.2. The molecule has 1 amide bonds. The minimum absolute atomic E-state index is 0.109. The summed E-state index contributed by atoms with van der Waals surface area (Å²) in [5, 5.41) is 2.60. The molecule has 9 nitrogen and oxygen atoms in total. The number of pyridine rings is 3. The number of methoxy groups -OCH3 is 2. The summed E-state index contributed by atoms with van der Waals surface area (Å²) < 4.78 is 46.7. The number of aromatic nitrogens is 3. The van der Waals surface area contributed by atoms with Gasteiger partial charge in [-0.3, -0.25) is 14.6 Å². The molecule has 3 heterocycles. The van der Waals surface area contributed by atoms with Gasteiger partial charge in [0.15, 0.2) is 23.1 Å². The molecule has 0 aliphatic carbocycles. The highest BCUT2D eigenvalue weighted by Gasteiger charge is 2.23. The minimum atomic E-state index is -0.765. The lowest BCUT2D eigenvalue weighted by molar-refractivity contribution is 0.102. The zero-order valence-corrected chi connectivity index (χ0v) is 23.4. The van der Waals surface area contributed by atoms with Crippen molar-refractivity contribution in [3.8, 4) is 34.3 Å². The number of amides is 1. The summed E-state index contributed by atoms with van der Waals surface area (Å²) in [4.78, 5) is 35.5. The molecule has 0 aliphatic heterocycles. The monoisotopic (exact) mass is 572 g/mol. The van der Waals surface area contributed by atoms with Gasteiger partial charge in [-0.25, -0.2) is 13.8 Å². The number of fused-ring (bicyclic) bond motifs is 1. The van der Waals surface area contributed by atoms with E-state index in [4.69, 9.17) is 14.2 Å². The van der Waals surface area contributed by atoms with Gasteiger partial charge in [0.05, 0.1) is 19.7 Å². The van der Waals surface area contributed by atoms with Crippen molar-refractivity contribution in [2.75, 3.05) is 19.5 Å². The third-order valence-corrected chi connectivity index (χ3v) is 6.97. The summed E-state index contributed by atoms with van der Waals surface area (Å²) in [5.41, 5.74) is 2.05. The summed E-state index contributed by atoms with van der Waals surface area (Å²) in [6, 6.07) is 12.5. The van der Waals surface area contributed by atoms with Crippen LogP contribution in [0.2, 0.25) is 0 Å². The summed E-state index contributed by atoms with van der Waals surface area (Å²) in [5.74, 6) is -1.23. The molecule has 5 rings (SSSR count). The number of anilines is 1. The zero-order chi connectivity index (χ0) is 30.1. The second-order valence-corrected chi connectivity index (χ2v) is 9.39. The molecule has 0 atom stereocenters. The number of benzene rings is 2. The smallest absolute Gasteiger partial charge is 0.261 e. The Bertz CT molecular complexity index is 1910. The minimum Gasteiger partial charge on any atom is -0.491 e.